The summed E-state index contributed by atoms with van der Waals surface area (Å²) in [5, 5.41) is 2.16. The van der Waals surface area contributed by atoms with E-state index in [-0.39, 0.29) is 0 Å². The molecule has 2 rings (SSSR count). The third kappa shape index (κ3) is 4.13. The Morgan fingerprint density at radius 3 is 2.29 bits per heavy atom. The molecule has 4 N–H and O–H groups in total. The number of anilines is 2. The summed E-state index contributed by atoms with van der Waals surface area (Å²) in [5.74, 6) is 0. The van der Waals surface area contributed by atoms with E-state index in [9.17, 15) is 0 Å². The van der Waals surface area contributed by atoms with E-state index in [0.29, 0.717) is 0 Å². The highest BCUT2D eigenvalue weighted by Crippen LogP contribution is 2.30. The summed E-state index contributed by atoms with van der Waals surface area (Å²) in [7, 11) is 0. The van der Waals surface area contributed by atoms with Gasteiger partial charge in [0.1, 0.15) is 0 Å². The predicted octanol–water partition coefficient (Wildman–Crippen LogP) is 5.30. The highest BCUT2D eigenvalue weighted by atomic mass is 14.6. The number of benzene rings is 2. The molecule has 2 heteroatoms. The molecule has 0 aliphatic rings. The Kier molecular flexibility index (Phi) is 5.91. The van der Waals surface area contributed by atoms with E-state index in [0.717, 1.165) is 28.6 Å². The lowest BCUT2D eigenvalue weighted by Gasteiger charge is -2.11. The zero-order valence-corrected chi connectivity index (χ0v) is 13.2. The van der Waals surface area contributed by atoms with Gasteiger partial charge < -0.3 is 11.5 Å². The van der Waals surface area contributed by atoms with Crippen LogP contribution in [0.15, 0.2) is 30.3 Å². The maximum atomic E-state index is 6.32. The van der Waals surface area contributed by atoms with Crippen molar-refractivity contribution in [2.45, 2.75) is 58.3 Å². The second-order valence-electron chi connectivity index (χ2n) is 5.96. The third-order valence-electron chi connectivity index (χ3n) is 4.26. The second kappa shape index (κ2) is 7.92. The van der Waals surface area contributed by atoms with Crippen molar-refractivity contribution in [3.8, 4) is 0 Å². The molecule has 2 aromatic rings. The molecule has 0 radical (unpaired) electrons. The number of nitrogen functional groups attached to an aromatic ring is 2. The quantitative estimate of drug-likeness (QED) is 0.510. The van der Waals surface area contributed by atoms with Crippen molar-refractivity contribution in [1.82, 2.24) is 0 Å². The SMILES string of the molecule is CCCCCCCCCc1ccc2cccc(N)c2c1N. The number of hydrogen-bond acceptors (Lipinski definition) is 2. The summed E-state index contributed by atoms with van der Waals surface area (Å²) < 4.78 is 0. The minimum Gasteiger partial charge on any atom is -0.398 e. The summed E-state index contributed by atoms with van der Waals surface area (Å²) in [6.07, 6.45) is 10.4. The summed E-state index contributed by atoms with van der Waals surface area (Å²) in [5.41, 5.74) is 15.3. The lowest BCUT2D eigenvalue weighted by atomic mass is 9.98. The maximum Gasteiger partial charge on any atom is 0.0447 e. The Bertz CT molecular complexity index is 575. The van der Waals surface area contributed by atoms with Crippen LogP contribution in [0, 0.1) is 0 Å². The van der Waals surface area contributed by atoms with Crippen LogP contribution in [0.4, 0.5) is 11.4 Å². The standard InChI is InChI=1S/C19H28N2/c1-2-3-4-5-6-7-8-10-16-14-13-15-11-9-12-17(20)18(15)19(16)21/h9,11-14H,2-8,10,20-21H2,1H3. The molecule has 0 aliphatic heterocycles. The highest BCUT2D eigenvalue weighted by molar-refractivity contribution is 6.02. The molecule has 2 nitrogen and oxygen atoms in total. The first kappa shape index (κ1) is 15.7. The fraction of sp³-hybridized carbons (Fsp3) is 0.474. The van der Waals surface area contributed by atoms with E-state index >= 15 is 0 Å². The van der Waals surface area contributed by atoms with Gasteiger partial charge in [0, 0.05) is 16.8 Å². The van der Waals surface area contributed by atoms with Crippen molar-refractivity contribution in [2.24, 2.45) is 0 Å². The second-order valence-corrected chi connectivity index (χ2v) is 5.96. The van der Waals surface area contributed by atoms with Crippen LogP contribution in [0.3, 0.4) is 0 Å². The third-order valence-corrected chi connectivity index (χ3v) is 4.26. The molecule has 0 bridgehead atoms. The monoisotopic (exact) mass is 284 g/mol. The van der Waals surface area contributed by atoms with Gasteiger partial charge in [-0.25, -0.2) is 0 Å². The van der Waals surface area contributed by atoms with Crippen molar-refractivity contribution in [1.29, 1.82) is 0 Å². The average molecular weight is 284 g/mol. The average Bonchev–Trinajstić information content (AvgIpc) is 2.48. The van der Waals surface area contributed by atoms with E-state index < -0.39 is 0 Å². The summed E-state index contributed by atoms with van der Waals surface area (Å²) >= 11 is 0. The summed E-state index contributed by atoms with van der Waals surface area (Å²) in [6.45, 7) is 2.26. The first-order valence-electron chi connectivity index (χ1n) is 8.29. The van der Waals surface area contributed by atoms with Gasteiger partial charge in [-0.3, -0.25) is 0 Å². The van der Waals surface area contributed by atoms with Crippen molar-refractivity contribution in [3.05, 3.63) is 35.9 Å². The van der Waals surface area contributed by atoms with E-state index in [1.54, 1.807) is 0 Å². The van der Waals surface area contributed by atoms with Crippen molar-refractivity contribution >= 4 is 22.1 Å². The molecular formula is C19H28N2. The van der Waals surface area contributed by atoms with Crippen LogP contribution in [0.2, 0.25) is 0 Å². The van der Waals surface area contributed by atoms with Gasteiger partial charge in [0.05, 0.1) is 0 Å². The van der Waals surface area contributed by atoms with Crippen LogP contribution in [0.5, 0.6) is 0 Å². The van der Waals surface area contributed by atoms with Gasteiger partial charge in [-0.1, -0.05) is 69.7 Å². The van der Waals surface area contributed by atoms with Crippen molar-refractivity contribution < 1.29 is 0 Å². The molecule has 0 fully saturated rings. The number of rotatable bonds is 8. The molecule has 0 unspecified atom stereocenters. The van der Waals surface area contributed by atoms with Crippen LogP contribution >= 0.6 is 0 Å². The lowest BCUT2D eigenvalue weighted by molar-refractivity contribution is 0.589. The fourth-order valence-electron chi connectivity index (χ4n) is 2.97. The minimum atomic E-state index is 0.784. The van der Waals surface area contributed by atoms with Crippen LogP contribution in [-0.2, 0) is 6.42 Å². The molecule has 114 valence electrons. The number of fused-ring (bicyclic) bond motifs is 1. The Labute approximate surface area is 128 Å². The van der Waals surface area contributed by atoms with Gasteiger partial charge in [0.15, 0.2) is 0 Å². The molecule has 0 heterocycles. The van der Waals surface area contributed by atoms with Gasteiger partial charge in [-0.15, -0.1) is 0 Å². The van der Waals surface area contributed by atoms with E-state index in [1.165, 1.54) is 50.5 Å². The molecule has 0 saturated carbocycles. The minimum absolute atomic E-state index is 0.784. The Hall–Kier alpha value is -1.70. The number of unbranched alkanes of at least 4 members (excludes halogenated alkanes) is 6. The highest BCUT2D eigenvalue weighted by Gasteiger charge is 2.06. The molecule has 0 aromatic heterocycles. The summed E-state index contributed by atoms with van der Waals surface area (Å²) in [4.78, 5) is 0. The molecule has 0 spiro atoms. The lowest BCUT2D eigenvalue weighted by Crippen LogP contribution is -1.98. The number of nitrogens with two attached hydrogens (primary N) is 2. The van der Waals surface area contributed by atoms with E-state index in [2.05, 4.69) is 25.1 Å². The molecule has 21 heavy (non-hydrogen) atoms. The van der Waals surface area contributed by atoms with E-state index in [4.69, 9.17) is 11.5 Å². The first-order chi connectivity index (χ1) is 10.2. The Morgan fingerprint density at radius 2 is 1.52 bits per heavy atom. The zero-order chi connectivity index (χ0) is 15.1. The van der Waals surface area contributed by atoms with Gasteiger partial charge in [-0.2, -0.15) is 0 Å². The number of aryl methyl sites for hydroxylation is 1. The van der Waals surface area contributed by atoms with Crippen LogP contribution < -0.4 is 11.5 Å². The predicted molar refractivity (Wildman–Crippen MR) is 94.5 cm³/mol. The molecule has 0 amide bonds. The first-order valence-corrected chi connectivity index (χ1v) is 8.29. The topological polar surface area (TPSA) is 52.0 Å². The molecule has 2 aromatic carbocycles. The van der Waals surface area contributed by atoms with Gasteiger partial charge in [0.25, 0.3) is 0 Å². The maximum absolute atomic E-state index is 6.32. The van der Waals surface area contributed by atoms with E-state index in [1.807, 2.05) is 12.1 Å². The molecule has 0 aliphatic carbocycles. The van der Waals surface area contributed by atoms with Gasteiger partial charge >= 0.3 is 0 Å². The largest absolute Gasteiger partial charge is 0.398 e. The van der Waals surface area contributed by atoms with Crippen molar-refractivity contribution in [2.75, 3.05) is 11.5 Å². The van der Waals surface area contributed by atoms with Gasteiger partial charge in [-0.05, 0) is 29.9 Å². The van der Waals surface area contributed by atoms with Crippen LogP contribution in [0.25, 0.3) is 10.8 Å². The van der Waals surface area contributed by atoms with Gasteiger partial charge in [0.2, 0.25) is 0 Å². The fourth-order valence-corrected chi connectivity index (χ4v) is 2.97. The summed E-state index contributed by atoms with van der Waals surface area (Å²) in [6, 6.07) is 10.3. The zero-order valence-electron chi connectivity index (χ0n) is 13.2. The van der Waals surface area contributed by atoms with Crippen LogP contribution in [-0.4, -0.2) is 0 Å². The number of hydrogen-bond donors (Lipinski definition) is 2. The molecule has 0 atom stereocenters. The van der Waals surface area contributed by atoms with Crippen molar-refractivity contribution in [3.63, 3.8) is 0 Å². The normalized spacial score (nSPS) is 11.1. The smallest absolute Gasteiger partial charge is 0.0447 e. The Balaban J connectivity index is 1.91. The molecular weight excluding hydrogens is 256 g/mol. The Morgan fingerprint density at radius 1 is 0.810 bits per heavy atom. The molecule has 0 saturated heterocycles. The van der Waals surface area contributed by atoms with Crippen LogP contribution in [0.1, 0.15) is 57.4 Å².